The molecule has 1 fully saturated rings. The number of aryl methyl sites for hydroxylation is 1. The van der Waals surface area contributed by atoms with Crippen molar-refractivity contribution in [2.24, 2.45) is 5.41 Å². The first-order chi connectivity index (χ1) is 12.3. The maximum atomic E-state index is 14.6. The molecular formula is C20H24FN5. The van der Waals surface area contributed by atoms with Crippen LogP contribution in [-0.4, -0.2) is 19.6 Å². The second-order valence-corrected chi connectivity index (χ2v) is 8.25. The highest BCUT2D eigenvalue weighted by atomic mass is 19.1. The molecule has 0 bridgehead atoms. The summed E-state index contributed by atoms with van der Waals surface area (Å²) in [5.74, 6) is 1.66. The quantitative estimate of drug-likeness (QED) is 0.742. The van der Waals surface area contributed by atoms with Gasteiger partial charge >= 0.3 is 0 Å². The summed E-state index contributed by atoms with van der Waals surface area (Å²) in [6.45, 7) is 8.36. The summed E-state index contributed by atoms with van der Waals surface area (Å²) in [7, 11) is 0. The number of rotatable bonds is 4. The van der Waals surface area contributed by atoms with Gasteiger partial charge in [0, 0.05) is 11.8 Å². The first-order valence-electron chi connectivity index (χ1n) is 9.06. The molecule has 0 spiro atoms. The molecule has 6 heteroatoms. The highest BCUT2D eigenvalue weighted by Gasteiger charge is 2.30. The molecule has 2 heterocycles. The monoisotopic (exact) mass is 353 g/mol. The van der Waals surface area contributed by atoms with Gasteiger partial charge in [-0.3, -0.25) is 0 Å². The normalized spacial score (nSPS) is 16.0. The van der Waals surface area contributed by atoms with Gasteiger partial charge in [-0.1, -0.05) is 32.9 Å². The van der Waals surface area contributed by atoms with Crippen LogP contribution in [-0.2, 0) is 0 Å². The first kappa shape index (κ1) is 16.9. The molecule has 1 aromatic carbocycles. The molecule has 1 aliphatic carbocycles. The van der Waals surface area contributed by atoms with Crippen LogP contribution in [0.5, 0.6) is 0 Å². The third-order valence-corrected chi connectivity index (χ3v) is 4.91. The number of anilines is 1. The first-order valence-corrected chi connectivity index (χ1v) is 9.06. The molecule has 1 saturated carbocycles. The van der Waals surface area contributed by atoms with Crippen LogP contribution in [0.3, 0.4) is 0 Å². The van der Waals surface area contributed by atoms with Gasteiger partial charge in [-0.15, -0.1) is 0 Å². The third-order valence-electron chi connectivity index (χ3n) is 4.91. The van der Waals surface area contributed by atoms with Gasteiger partial charge in [-0.25, -0.2) is 9.37 Å². The molecule has 136 valence electrons. The summed E-state index contributed by atoms with van der Waals surface area (Å²) in [6, 6.07) is 7.54. The van der Waals surface area contributed by atoms with Gasteiger partial charge in [-0.2, -0.15) is 14.6 Å². The van der Waals surface area contributed by atoms with Gasteiger partial charge in [0.1, 0.15) is 18.0 Å². The van der Waals surface area contributed by atoms with Gasteiger partial charge in [0.25, 0.3) is 5.78 Å². The number of halogens is 1. The van der Waals surface area contributed by atoms with Crippen molar-refractivity contribution >= 4 is 11.6 Å². The summed E-state index contributed by atoms with van der Waals surface area (Å²) >= 11 is 0. The van der Waals surface area contributed by atoms with Crippen molar-refractivity contribution in [2.45, 2.75) is 52.5 Å². The zero-order valence-corrected chi connectivity index (χ0v) is 15.6. The van der Waals surface area contributed by atoms with E-state index in [4.69, 9.17) is 0 Å². The molecule has 2 aromatic heterocycles. The topological polar surface area (TPSA) is 55.1 Å². The molecular weight excluding hydrogens is 329 g/mol. The van der Waals surface area contributed by atoms with Gasteiger partial charge in [-0.05, 0) is 48.3 Å². The Balaban J connectivity index is 1.73. The van der Waals surface area contributed by atoms with E-state index in [1.54, 1.807) is 10.6 Å². The smallest absolute Gasteiger partial charge is 0.254 e. The molecule has 5 nitrogen and oxygen atoms in total. The summed E-state index contributed by atoms with van der Waals surface area (Å²) in [6.07, 6.45) is 3.68. The fourth-order valence-corrected chi connectivity index (χ4v) is 3.43. The number of nitrogens with one attached hydrogen (secondary N) is 1. The molecule has 4 rings (SSSR count). The maximum absolute atomic E-state index is 14.6. The van der Waals surface area contributed by atoms with E-state index >= 15 is 0 Å². The van der Waals surface area contributed by atoms with Crippen LogP contribution in [0.15, 0.2) is 30.6 Å². The minimum absolute atomic E-state index is 0.0838. The molecule has 1 N–H and O–H groups in total. The Labute approximate surface area is 152 Å². The van der Waals surface area contributed by atoms with E-state index < -0.39 is 0 Å². The van der Waals surface area contributed by atoms with E-state index in [0.29, 0.717) is 11.7 Å². The van der Waals surface area contributed by atoms with Crippen molar-refractivity contribution in [1.29, 1.82) is 0 Å². The van der Waals surface area contributed by atoms with E-state index in [1.807, 2.05) is 25.1 Å². The Morgan fingerprint density at radius 3 is 2.65 bits per heavy atom. The highest BCUT2D eigenvalue weighted by Crippen LogP contribution is 2.43. The summed E-state index contributed by atoms with van der Waals surface area (Å²) in [5, 5.41) is 7.81. The molecule has 1 atom stereocenters. The van der Waals surface area contributed by atoms with Crippen LogP contribution < -0.4 is 5.32 Å². The molecule has 1 aliphatic rings. The van der Waals surface area contributed by atoms with E-state index in [-0.39, 0.29) is 17.3 Å². The molecule has 26 heavy (non-hydrogen) atoms. The molecule has 0 aliphatic heterocycles. The predicted octanol–water partition coefficient (Wildman–Crippen LogP) is 4.65. The average molecular weight is 353 g/mol. The Morgan fingerprint density at radius 1 is 1.23 bits per heavy atom. The molecule has 3 aromatic rings. The van der Waals surface area contributed by atoms with Gasteiger partial charge in [0.05, 0.1) is 6.04 Å². The Kier molecular flexibility index (Phi) is 3.93. The lowest BCUT2D eigenvalue weighted by Crippen LogP contribution is -2.27. The highest BCUT2D eigenvalue weighted by molar-refractivity contribution is 5.47. The van der Waals surface area contributed by atoms with Crippen LogP contribution in [0.2, 0.25) is 0 Å². The van der Waals surface area contributed by atoms with Crippen LogP contribution >= 0.6 is 0 Å². The second-order valence-electron chi connectivity index (χ2n) is 8.25. The van der Waals surface area contributed by atoms with Crippen molar-refractivity contribution in [3.63, 3.8) is 0 Å². The van der Waals surface area contributed by atoms with Crippen LogP contribution in [0.1, 0.15) is 62.4 Å². The number of benzene rings is 1. The Bertz CT molecular complexity index is 952. The SMILES string of the molecule is Cc1cc(N[C@@H](c2ccc(C3CC3)c(F)c2)C(C)(C)C)n2ncnc2n1. The van der Waals surface area contributed by atoms with Gasteiger partial charge in [0.2, 0.25) is 0 Å². The Morgan fingerprint density at radius 2 is 2.00 bits per heavy atom. The minimum Gasteiger partial charge on any atom is -0.363 e. The lowest BCUT2D eigenvalue weighted by atomic mass is 9.82. The van der Waals surface area contributed by atoms with E-state index in [1.165, 1.54) is 6.33 Å². The Hall–Kier alpha value is -2.50. The van der Waals surface area contributed by atoms with Crippen LogP contribution in [0, 0.1) is 18.2 Å². The van der Waals surface area contributed by atoms with Crippen molar-refractivity contribution in [2.75, 3.05) is 5.32 Å². The number of fused-ring (bicyclic) bond motifs is 1. The predicted molar refractivity (Wildman–Crippen MR) is 99.7 cm³/mol. The van der Waals surface area contributed by atoms with Crippen LogP contribution in [0.4, 0.5) is 10.2 Å². The van der Waals surface area contributed by atoms with Crippen molar-refractivity contribution < 1.29 is 4.39 Å². The summed E-state index contributed by atoms with van der Waals surface area (Å²) in [5.41, 5.74) is 2.51. The standard InChI is InChI=1S/C20H24FN5/c1-12-9-17(26-19(24-12)22-11-23-26)25-18(20(2,3)4)14-7-8-15(13-5-6-13)16(21)10-14/h7-11,13,18,25H,5-6H2,1-4H3/t18-/m0/s1. The molecule has 0 unspecified atom stereocenters. The maximum Gasteiger partial charge on any atom is 0.254 e. The molecule has 0 amide bonds. The third kappa shape index (κ3) is 3.16. The summed E-state index contributed by atoms with van der Waals surface area (Å²) in [4.78, 5) is 8.56. The van der Waals surface area contributed by atoms with Crippen molar-refractivity contribution in [3.05, 3.63) is 53.2 Å². The fraction of sp³-hybridized carbons (Fsp3) is 0.450. The zero-order chi connectivity index (χ0) is 18.5. The number of nitrogens with zero attached hydrogens (tertiary/aromatic N) is 4. The number of hydrogen-bond acceptors (Lipinski definition) is 4. The van der Waals surface area contributed by atoms with E-state index in [0.717, 1.165) is 35.5 Å². The fourth-order valence-electron chi connectivity index (χ4n) is 3.43. The van der Waals surface area contributed by atoms with Crippen molar-refractivity contribution in [3.8, 4) is 0 Å². The molecule has 0 radical (unpaired) electrons. The second kappa shape index (κ2) is 6.04. The van der Waals surface area contributed by atoms with Gasteiger partial charge in [0.15, 0.2) is 0 Å². The van der Waals surface area contributed by atoms with Crippen molar-refractivity contribution in [1.82, 2.24) is 19.6 Å². The zero-order valence-electron chi connectivity index (χ0n) is 15.6. The lowest BCUT2D eigenvalue weighted by molar-refractivity contribution is 0.345. The molecule has 0 saturated heterocycles. The van der Waals surface area contributed by atoms with Gasteiger partial charge < -0.3 is 5.32 Å². The van der Waals surface area contributed by atoms with E-state index in [9.17, 15) is 4.39 Å². The minimum atomic E-state index is -0.127. The van der Waals surface area contributed by atoms with Crippen LogP contribution in [0.25, 0.3) is 5.78 Å². The largest absolute Gasteiger partial charge is 0.363 e. The van der Waals surface area contributed by atoms with E-state index in [2.05, 4.69) is 41.2 Å². The average Bonchev–Trinajstić information content (AvgIpc) is 3.28. The summed E-state index contributed by atoms with van der Waals surface area (Å²) < 4.78 is 16.3. The lowest BCUT2D eigenvalue weighted by Gasteiger charge is -2.33. The number of aromatic nitrogens is 4. The number of hydrogen-bond donors (Lipinski definition) is 1.